The first-order chi connectivity index (χ1) is 14.7. The number of aliphatic hydroxyl groups is 1. The van der Waals surface area contributed by atoms with Gasteiger partial charge in [0.2, 0.25) is 0 Å². The molecule has 1 saturated carbocycles. The van der Waals surface area contributed by atoms with E-state index in [0.29, 0.717) is 12.8 Å². The lowest BCUT2D eigenvalue weighted by Crippen LogP contribution is -2.53. The number of rotatable bonds is 6. The average Bonchev–Trinajstić information content (AvgIpc) is 3.43. The maximum atomic E-state index is 12.4. The molecule has 2 bridgehead atoms. The van der Waals surface area contributed by atoms with Crippen LogP contribution >= 0.6 is 0 Å². The Morgan fingerprint density at radius 3 is 2.45 bits per heavy atom. The fourth-order valence-electron chi connectivity index (χ4n) is 5.48. The van der Waals surface area contributed by atoms with E-state index in [1.807, 2.05) is 0 Å². The number of hydrogen-bond acceptors (Lipinski definition) is 9. The van der Waals surface area contributed by atoms with E-state index in [9.17, 15) is 23.1 Å². The van der Waals surface area contributed by atoms with Crippen LogP contribution in [-0.2, 0) is 33.9 Å². The summed E-state index contributed by atoms with van der Waals surface area (Å²) in [5, 5.41) is 11.1. The molecule has 5 rings (SSSR count). The van der Waals surface area contributed by atoms with Crippen LogP contribution in [0.25, 0.3) is 0 Å². The Kier molecular flexibility index (Phi) is 4.87. The topological polar surface area (TPSA) is 146 Å². The molecule has 3 aliphatic heterocycles. The molecule has 0 amide bonds. The van der Waals surface area contributed by atoms with Crippen LogP contribution in [0.5, 0.6) is 5.75 Å². The second-order valence-electron chi connectivity index (χ2n) is 8.53. The van der Waals surface area contributed by atoms with Gasteiger partial charge in [-0.25, -0.2) is 4.79 Å². The minimum absolute atomic E-state index is 0.0793. The maximum Gasteiger partial charge on any atom is 0.337 e. The van der Waals surface area contributed by atoms with Crippen LogP contribution in [0.3, 0.4) is 0 Å². The first kappa shape index (κ1) is 20.8. The van der Waals surface area contributed by atoms with Gasteiger partial charge in [-0.3, -0.25) is 9.35 Å². The zero-order chi connectivity index (χ0) is 22.0. The molecule has 168 valence electrons. The number of hydrogen-bond donors (Lipinski definition) is 2. The summed E-state index contributed by atoms with van der Waals surface area (Å²) in [6.45, 7) is -0.443. The Labute approximate surface area is 178 Å². The van der Waals surface area contributed by atoms with Crippen LogP contribution in [0.1, 0.15) is 25.7 Å². The Morgan fingerprint density at radius 1 is 1.13 bits per heavy atom. The summed E-state index contributed by atoms with van der Waals surface area (Å²) in [6, 6.07) is 4.68. The van der Waals surface area contributed by atoms with Crippen molar-refractivity contribution in [3.8, 4) is 5.75 Å². The van der Waals surface area contributed by atoms with E-state index in [1.165, 1.54) is 12.1 Å². The van der Waals surface area contributed by atoms with Gasteiger partial charge in [0, 0.05) is 5.92 Å². The number of benzene rings is 1. The van der Waals surface area contributed by atoms with Gasteiger partial charge in [0.15, 0.2) is 6.10 Å². The largest absolute Gasteiger partial charge is 0.456 e. The van der Waals surface area contributed by atoms with Crippen molar-refractivity contribution in [1.82, 2.24) is 0 Å². The molecule has 3 heterocycles. The van der Waals surface area contributed by atoms with Crippen LogP contribution in [0.15, 0.2) is 29.2 Å². The third-order valence-corrected chi connectivity index (χ3v) is 7.61. The van der Waals surface area contributed by atoms with E-state index in [2.05, 4.69) is 0 Å². The molecule has 0 radical (unpaired) electrons. The number of esters is 2. The van der Waals surface area contributed by atoms with Gasteiger partial charge in [-0.1, -0.05) is 12.8 Å². The standard InChI is InChI=1S/C20H22O10S/c21-12(28-10-3-5-11(6-4-10)31(24,25)26)9-27-17-16-14(20(23)7-1-2-8-20)13-15(29-16)18(17)30-19(13)22/h3-6,13-18,23H,1-2,7-9H2,(H,24,25,26). The number of fused-ring (bicyclic) bond motifs is 1. The molecule has 6 unspecified atom stereocenters. The third-order valence-electron chi connectivity index (χ3n) is 6.74. The average molecular weight is 454 g/mol. The van der Waals surface area contributed by atoms with Gasteiger partial charge in [-0.05, 0) is 37.1 Å². The van der Waals surface area contributed by atoms with Gasteiger partial charge >= 0.3 is 11.9 Å². The van der Waals surface area contributed by atoms with Crippen molar-refractivity contribution < 1.29 is 46.6 Å². The molecule has 0 aromatic heterocycles. The molecule has 10 nitrogen and oxygen atoms in total. The normalized spacial score (nSPS) is 35.4. The summed E-state index contributed by atoms with van der Waals surface area (Å²) in [7, 11) is -4.34. The predicted octanol–water partition coefficient (Wildman–Crippen LogP) is 0.468. The van der Waals surface area contributed by atoms with Crippen LogP contribution < -0.4 is 4.74 Å². The SMILES string of the molecule is O=C(COC1C2OC(=O)C3C2OC1C3C1(O)CCCC1)Oc1ccc(S(=O)(=O)O)cc1. The second-order valence-corrected chi connectivity index (χ2v) is 9.95. The van der Waals surface area contributed by atoms with Crippen LogP contribution in [-0.4, -0.2) is 66.6 Å². The van der Waals surface area contributed by atoms with E-state index in [1.54, 1.807) is 0 Å². The first-order valence-electron chi connectivity index (χ1n) is 10.2. The summed E-state index contributed by atoms with van der Waals surface area (Å²) >= 11 is 0. The van der Waals surface area contributed by atoms with Crippen molar-refractivity contribution in [2.75, 3.05) is 6.61 Å². The predicted molar refractivity (Wildman–Crippen MR) is 101 cm³/mol. The molecule has 4 fully saturated rings. The molecule has 0 spiro atoms. The van der Waals surface area contributed by atoms with E-state index in [-0.39, 0.29) is 10.6 Å². The Morgan fingerprint density at radius 2 is 1.81 bits per heavy atom. The monoisotopic (exact) mass is 454 g/mol. The van der Waals surface area contributed by atoms with Gasteiger partial charge in [0.1, 0.15) is 24.6 Å². The lowest BCUT2D eigenvalue weighted by Gasteiger charge is -2.37. The number of carbonyl (C=O) groups excluding carboxylic acids is 2. The lowest BCUT2D eigenvalue weighted by molar-refractivity contribution is -0.150. The van der Waals surface area contributed by atoms with Crippen molar-refractivity contribution in [2.45, 2.75) is 60.6 Å². The molecule has 3 saturated heterocycles. The Hall–Kier alpha value is -2.05. The highest BCUT2D eigenvalue weighted by atomic mass is 32.2. The van der Waals surface area contributed by atoms with Gasteiger partial charge < -0.3 is 24.1 Å². The Balaban J connectivity index is 1.24. The van der Waals surface area contributed by atoms with Crippen molar-refractivity contribution in [3.05, 3.63) is 24.3 Å². The minimum Gasteiger partial charge on any atom is -0.456 e. The van der Waals surface area contributed by atoms with Crippen LogP contribution in [0.4, 0.5) is 0 Å². The molecular formula is C20H22O10S. The molecule has 2 N–H and O–H groups in total. The van der Waals surface area contributed by atoms with E-state index in [0.717, 1.165) is 25.0 Å². The van der Waals surface area contributed by atoms with Crippen molar-refractivity contribution in [2.24, 2.45) is 11.8 Å². The summed E-state index contributed by atoms with van der Waals surface area (Å²) in [5.74, 6) is -1.99. The Bertz CT molecular complexity index is 997. The third kappa shape index (κ3) is 3.44. The van der Waals surface area contributed by atoms with Gasteiger partial charge in [-0.15, -0.1) is 0 Å². The highest BCUT2D eigenvalue weighted by Crippen LogP contribution is 2.57. The molecule has 1 aromatic carbocycles. The maximum absolute atomic E-state index is 12.4. The van der Waals surface area contributed by atoms with Crippen LogP contribution in [0.2, 0.25) is 0 Å². The minimum atomic E-state index is -4.34. The molecule has 1 aromatic rings. The van der Waals surface area contributed by atoms with E-state index >= 15 is 0 Å². The van der Waals surface area contributed by atoms with Crippen molar-refractivity contribution in [1.29, 1.82) is 0 Å². The quantitative estimate of drug-likeness (QED) is 0.353. The highest BCUT2D eigenvalue weighted by Gasteiger charge is 2.72. The molecule has 31 heavy (non-hydrogen) atoms. The highest BCUT2D eigenvalue weighted by molar-refractivity contribution is 7.85. The summed E-state index contributed by atoms with van der Waals surface area (Å²) in [6.07, 6.45) is 0.605. The molecule has 1 aliphatic carbocycles. The van der Waals surface area contributed by atoms with E-state index < -0.39 is 70.5 Å². The van der Waals surface area contributed by atoms with Gasteiger partial charge in [-0.2, -0.15) is 8.42 Å². The fourth-order valence-corrected chi connectivity index (χ4v) is 5.96. The van der Waals surface area contributed by atoms with Crippen LogP contribution in [0, 0.1) is 11.8 Å². The number of ether oxygens (including phenoxy) is 4. The molecular weight excluding hydrogens is 432 g/mol. The molecule has 6 atom stereocenters. The van der Waals surface area contributed by atoms with Gasteiger partial charge in [0.25, 0.3) is 10.1 Å². The number of carbonyl (C=O) groups is 2. The van der Waals surface area contributed by atoms with Gasteiger partial charge in [0.05, 0.1) is 22.5 Å². The van der Waals surface area contributed by atoms with Crippen molar-refractivity contribution >= 4 is 22.1 Å². The smallest absolute Gasteiger partial charge is 0.337 e. The summed E-state index contributed by atoms with van der Waals surface area (Å²) in [4.78, 5) is 24.3. The first-order valence-corrected chi connectivity index (χ1v) is 11.6. The zero-order valence-electron chi connectivity index (χ0n) is 16.4. The fraction of sp³-hybridized carbons (Fsp3) is 0.600. The lowest BCUT2D eigenvalue weighted by atomic mass is 9.69. The molecule has 4 aliphatic rings. The van der Waals surface area contributed by atoms with E-state index in [4.69, 9.17) is 23.5 Å². The zero-order valence-corrected chi connectivity index (χ0v) is 17.2. The summed E-state index contributed by atoms with van der Waals surface area (Å²) < 4.78 is 53.4. The van der Waals surface area contributed by atoms with Crippen molar-refractivity contribution in [3.63, 3.8) is 0 Å². The summed E-state index contributed by atoms with van der Waals surface area (Å²) in [5.41, 5.74) is -1.00. The molecule has 11 heteroatoms. The second kappa shape index (κ2) is 7.24.